The fourth-order valence-electron chi connectivity index (χ4n) is 1.81. The fraction of sp³-hybridized carbons (Fsp3) is 0.133. The Bertz CT molecular complexity index is 609. The summed E-state index contributed by atoms with van der Waals surface area (Å²) in [5.74, 6) is 0. The third-order valence-electron chi connectivity index (χ3n) is 2.76. The average molecular weight is 333 g/mol. The monoisotopic (exact) mass is 333 g/mol. The van der Waals surface area contributed by atoms with E-state index >= 15 is 0 Å². The Labute approximate surface area is 115 Å². The molecule has 0 bridgehead atoms. The van der Waals surface area contributed by atoms with Gasteiger partial charge in [0.15, 0.2) is 0 Å². The number of benzene rings is 2. The molecule has 0 saturated heterocycles. The van der Waals surface area contributed by atoms with E-state index in [-0.39, 0.29) is 0 Å². The summed E-state index contributed by atoms with van der Waals surface area (Å²) in [4.78, 5) is 0. The molecule has 0 fully saturated rings. The molecule has 0 atom stereocenters. The van der Waals surface area contributed by atoms with Crippen molar-refractivity contribution in [2.24, 2.45) is 0 Å². The highest BCUT2D eigenvalue weighted by Crippen LogP contribution is 2.26. The fourth-order valence-corrected chi connectivity index (χ4v) is 2.15. The molecule has 0 spiro atoms. The molecular weight excluding hydrogens is 321 g/mol. The molecule has 1 nitrogen and oxygen atoms in total. The lowest BCUT2D eigenvalue weighted by Crippen LogP contribution is -1.88. The molecule has 0 aliphatic carbocycles. The molecule has 17 heavy (non-hydrogen) atoms. The van der Waals surface area contributed by atoms with Crippen molar-refractivity contribution in [2.75, 3.05) is 0 Å². The number of hydrogen-bond donors (Lipinski definition) is 0. The Balaban J connectivity index is 2.61. The van der Waals surface area contributed by atoms with Gasteiger partial charge in [-0.05, 0) is 70.8 Å². The normalized spacial score (nSPS) is 10.0. The Morgan fingerprint density at radius 3 is 2.47 bits per heavy atom. The largest absolute Gasteiger partial charge is 0.192 e. The minimum absolute atomic E-state index is 0.741. The van der Waals surface area contributed by atoms with Gasteiger partial charge in [0.25, 0.3) is 0 Å². The minimum Gasteiger partial charge on any atom is -0.192 e. The van der Waals surface area contributed by atoms with Crippen molar-refractivity contribution in [3.05, 3.63) is 56.7 Å². The van der Waals surface area contributed by atoms with E-state index in [4.69, 9.17) is 0 Å². The summed E-state index contributed by atoms with van der Waals surface area (Å²) in [5.41, 5.74) is 5.22. The summed E-state index contributed by atoms with van der Waals surface area (Å²) in [5, 5.41) is 9.18. The molecular formula is C15H12IN. The number of rotatable bonds is 1. The van der Waals surface area contributed by atoms with Gasteiger partial charge in [-0.25, -0.2) is 0 Å². The molecule has 2 aromatic rings. The highest BCUT2D eigenvalue weighted by molar-refractivity contribution is 14.1. The first-order valence-corrected chi connectivity index (χ1v) is 6.47. The SMILES string of the molecule is Cc1ccc(-c2ccc(I)c(C)c2)c(C#N)c1. The van der Waals surface area contributed by atoms with E-state index in [1.54, 1.807) is 0 Å². The first kappa shape index (κ1) is 12.1. The third-order valence-corrected chi connectivity index (χ3v) is 3.97. The van der Waals surface area contributed by atoms with Gasteiger partial charge in [-0.15, -0.1) is 0 Å². The number of aryl methyl sites for hydroxylation is 2. The zero-order chi connectivity index (χ0) is 12.4. The summed E-state index contributed by atoms with van der Waals surface area (Å²) >= 11 is 2.32. The Kier molecular flexibility index (Phi) is 3.49. The molecule has 0 N–H and O–H groups in total. The third kappa shape index (κ3) is 2.50. The van der Waals surface area contributed by atoms with Gasteiger partial charge in [-0.2, -0.15) is 5.26 Å². The highest BCUT2D eigenvalue weighted by Gasteiger charge is 2.06. The molecule has 0 unspecified atom stereocenters. The summed E-state index contributed by atoms with van der Waals surface area (Å²) in [6, 6.07) is 14.6. The topological polar surface area (TPSA) is 23.8 Å². The quantitative estimate of drug-likeness (QED) is 0.708. The van der Waals surface area contributed by atoms with E-state index in [1.807, 2.05) is 25.1 Å². The van der Waals surface area contributed by atoms with Crippen molar-refractivity contribution in [1.82, 2.24) is 0 Å². The zero-order valence-corrected chi connectivity index (χ0v) is 11.9. The molecule has 0 aliphatic heterocycles. The van der Waals surface area contributed by atoms with Gasteiger partial charge >= 0.3 is 0 Å². The predicted octanol–water partition coefficient (Wildman–Crippen LogP) is 4.45. The van der Waals surface area contributed by atoms with Crippen LogP contribution in [-0.4, -0.2) is 0 Å². The van der Waals surface area contributed by atoms with Crippen LogP contribution in [0.3, 0.4) is 0 Å². The minimum atomic E-state index is 0.741. The van der Waals surface area contributed by atoms with Crippen LogP contribution in [0.25, 0.3) is 11.1 Å². The number of nitriles is 1. The Morgan fingerprint density at radius 2 is 1.82 bits per heavy atom. The Morgan fingerprint density at radius 1 is 1.06 bits per heavy atom. The van der Waals surface area contributed by atoms with Gasteiger partial charge in [0, 0.05) is 3.57 Å². The van der Waals surface area contributed by atoms with Crippen molar-refractivity contribution < 1.29 is 0 Å². The van der Waals surface area contributed by atoms with Crippen LogP contribution >= 0.6 is 22.6 Å². The number of hydrogen-bond acceptors (Lipinski definition) is 1. The molecule has 0 saturated carbocycles. The highest BCUT2D eigenvalue weighted by atomic mass is 127. The number of nitrogens with zero attached hydrogens (tertiary/aromatic N) is 1. The van der Waals surface area contributed by atoms with Crippen LogP contribution in [0.5, 0.6) is 0 Å². The Hall–Kier alpha value is -1.34. The first-order chi connectivity index (χ1) is 8.11. The van der Waals surface area contributed by atoms with E-state index < -0.39 is 0 Å². The van der Waals surface area contributed by atoms with Gasteiger partial charge in [0.2, 0.25) is 0 Å². The lowest BCUT2D eigenvalue weighted by molar-refractivity contribution is 1.39. The van der Waals surface area contributed by atoms with Crippen LogP contribution in [0.4, 0.5) is 0 Å². The summed E-state index contributed by atoms with van der Waals surface area (Å²) in [6.07, 6.45) is 0. The second-order valence-electron chi connectivity index (χ2n) is 4.12. The summed E-state index contributed by atoms with van der Waals surface area (Å²) in [6.45, 7) is 4.09. The van der Waals surface area contributed by atoms with Crippen molar-refractivity contribution in [3.8, 4) is 17.2 Å². The van der Waals surface area contributed by atoms with Crippen LogP contribution in [0.2, 0.25) is 0 Å². The molecule has 84 valence electrons. The van der Waals surface area contributed by atoms with Gasteiger partial charge in [0.1, 0.15) is 0 Å². The van der Waals surface area contributed by atoms with Gasteiger partial charge in [-0.1, -0.05) is 24.3 Å². The van der Waals surface area contributed by atoms with Crippen LogP contribution in [0.15, 0.2) is 36.4 Å². The van der Waals surface area contributed by atoms with E-state index in [0.717, 1.165) is 22.3 Å². The second kappa shape index (κ2) is 4.89. The molecule has 0 aliphatic rings. The maximum Gasteiger partial charge on any atom is 0.0998 e. The molecule has 0 heterocycles. The molecule has 2 aromatic carbocycles. The van der Waals surface area contributed by atoms with Crippen LogP contribution < -0.4 is 0 Å². The smallest absolute Gasteiger partial charge is 0.0998 e. The molecule has 2 heteroatoms. The van der Waals surface area contributed by atoms with Crippen molar-refractivity contribution in [1.29, 1.82) is 5.26 Å². The first-order valence-electron chi connectivity index (χ1n) is 5.39. The van der Waals surface area contributed by atoms with E-state index in [0.29, 0.717) is 0 Å². The lowest BCUT2D eigenvalue weighted by atomic mass is 9.97. The van der Waals surface area contributed by atoms with E-state index in [1.165, 1.54) is 9.13 Å². The van der Waals surface area contributed by atoms with Crippen molar-refractivity contribution >= 4 is 22.6 Å². The van der Waals surface area contributed by atoms with Crippen LogP contribution in [0, 0.1) is 28.7 Å². The predicted molar refractivity (Wildman–Crippen MR) is 78.8 cm³/mol. The maximum atomic E-state index is 9.18. The molecule has 0 radical (unpaired) electrons. The van der Waals surface area contributed by atoms with E-state index in [9.17, 15) is 5.26 Å². The number of halogens is 1. The van der Waals surface area contributed by atoms with Crippen molar-refractivity contribution in [3.63, 3.8) is 0 Å². The maximum absolute atomic E-state index is 9.18. The summed E-state index contributed by atoms with van der Waals surface area (Å²) < 4.78 is 1.25. The van der Waals surface area contributed by atoms with Crippen LogP contribution in [-0.2, 0) is 0 Å². The lowest BCUT2D eigenvalue weighted by Gasteiger charge is -2.07. The molecule has 2 rings (SSSR count). The second-order valence-corrected chi connectivity index (χ2v) is 5.29. The van der Waals surface area contributed by atoms with Crippen LogP contribution in [0.1, 0.15) is 16.7 Å². The van der Waals surface area contributed by atoms with Gasteiger partial charge in [-0.3, -0.25) is 0 Å². The van der Waals surface area contributed by atoms with Gasteiger partial charge < -0.3 is 0 Å². The van der Waals surface area contributed by atoms with E-state index in [2.05, 4.69) is 53.8 Å². The summed E-state index contributed by atoms with van der Waals surface area (Å²) in [7, 11) is 0. The van der Waals surface area contributed by atoms with Crippen molar-refractivity contribution in [2.45, 2.75) is 13.8 Å². The molecule has 0 amide bonds. The average Bonchev–Trinajstić information content (AvgIpc) is 2.32. The van der Waals surface area contributed by atoms with Gasteiger partial charge in [0.05, 0.1) is 11.6 Å². The standard InChI is InChI=1S/C15H12IN/c1-10-3-5-14(13(7-10)9-17)12-4-6-15(16)11(2)8-12/h3-8H,1-2H3. The molecule has 0 aromatic heterocycles. The zero-order valence-electron chi connectivity index (χ0n) is 9.79.